The predicted octanol–water partition coefficient (Wildman–Crippen LogP) is 1.68. The Bertz CT molecular complexity index is 373. The van der Waals surface area contributed by atoms with Crippen LogP contribution in [0, 0.1) is 5.92 Å². The van der Waals surface area contributed by atoms with Crippen molar-refractivity contribution in [2.75, 3.05) is 32.7 Å². The third-order valence-electron chi connectivity index (χ3n) is 4.88. The van der Waals surface area contributed by atoms with Crippen molar-refractivity contribution < 1.29 is 9.53 Å². The number of rotatable bonds is 4. The summed E-state index contributed by atoms with van der Waals surface area (Å²) in [6.45, 7) is 9.00. The SMILES string of the molecule is CCC1CN(C(=O)NC2CCN(CC3CC3)C2)CC(C)O1. The summed E-state index contributed by atoms with van der Waals surface area (Å²) in [4.78, 5) is 16.9. The van der Waals surface area contributed by atoms with E-state index in [2.05, 4.69) is 24.1 Å². The third kappa shape index (κ3) is 4.10. The molecule has 3 rings (SSSR count). The van der Waals surface area contributed by atoms with Gasteiger partial charge in [0.25, 0.3) is 0 Å². The maximum Gasteiger partial charge on any atom is 0.317 e. The summed E-state index contributed by atoms with van der Waals surface area (Å²) < 4.78 is 5.82. The molecule has 21 heavy (non-hydrogen) atoms. The Balaban J connectivity index is 1.44. The van der Waals surface area contributed by atoms with Crippen LogP contribution < -0.4 is 5.32 Å². The molecule has 2 saturated heterocycles. The first kappa shape index (κ1) is 15.1. The number of hydrogen-bond acceptors (Lipinski definition) is 3. The zero-order valence-electron chi connectivity index (χ0n) is 13.4. The molecule has 0 radical (unpaired) electrons. The summed E-state index contributed by atoms with van der Waals surface area (Å²) in [6.07, 6.45) is 5.19. The minimum atomic E-state index is 0.0990. The van der Waals surface area contributed by atoms with Crippen molar-refractivity contribution in [3.8, 4) is 0 Å². The Morgan fingerprint density at radius 3 is 2.76 bits per heavy atom. The number of urea groups is 1. The molecule has 1 N–H and O–H groups in total. The van der Waals surface area contributed by atoms with Gasteiger partial charge in [-0.15, -0.1) is 0 Å². The van der Waals surface area contributed by atoms with Gasteiger partial charge in [-0.2, -0.15) is 0 Å². The van der Waals surface area contributed by atoms with Crippen molar-refractivity contribution in [1.29, 1.82) is 0 Å². The first-order valence-corrected chi connectivity index (χ1v) is 8.57. The normalized spacial score (nSPS) is 34.2. The molecular weight excluding hydrogens is 266 g/mol. The van der Waals surface area contributed by atoms with E-state index in [9.17, 15) is 4.79 Å². The first-order chi connectivity index (χ1) is 10.1. The van der Waals surface area contributed by atoms with E-state index in [1.165, 1.54) is 19.4 Å². The van der Waals surface area contributed by atoms with E-state index in [1.807, 2.05) is 4.90 Å². The highest BCUT2D eigenvalue weighted by atomic mass is 16.5. The largest absolute Gasteiger partial charge is 0.372 e. The van der Waals surface area contributed by atoms with Crippen molar-refractivity contribution >= 4 is 6.03 Å². The van der Waals surface area contributed by atoms with Gasteiger partial charge in [0.15, 0.2) is 0 Å². The number of carbonyl (C=O) groups excluding carboxylic acids is 1. The summed E-state index contributed by atoms with van der Waals surface area (Å²) >= 11 is 0. The maximum atomic E-state index is 12.4. The molecule has 2 heterocycles. The monoisotopic (exact) mass is 295 g/mol. The number of carbonyl (C=O) groups is 1. The maximum absolute atomic E-state index is 12.4. The van der Waals surface area contributed by atoms with Crippen LogP contribution in [-0.2, 0) is 4.74 Å². The van der Waals surface area contributed by atoms with Gasteiger partial charge in [-0.1, -0.05) is 6.92 Å². The number of nitrogens with one attached hydrogen (secondary N) is 1. The molecule has 0 spiro atoms. The highest BCUT2D eigenvalue weighted by Gasteiger charge is 2.32. The number of likely N-dealkylation sites (tertiary alicyclic amines) is 1. The molecule has 1 saturated carbocycles. The van der Waals surface area contributed by atoms with E-state index < -0.39 is 0 Å². The van der Waals surface area contributed by atoms with E-state index in [0.29, 0.717) is 12.6 Å². The average Bonchev–Trinajstić information content (AvgIpc) is 3.17. The number of amides is 2. The van der Waals surface area contributed by atoms with Crippen LogP contribution in [0.3, 0.4) is 0 Å². The van der Waals surface area contributed by atoms with E-state index in [-0.39, 0.29) is 18.2 Å². The molecule has 3 fully saturated rings. The molecule has 120 valence electrons. The minimum Gasteiger partial charge on any atom is -0.372 e. The molecule has 3 unspecified atom stereocenters. The second kappa shape index (κ2) is 6.53. The Morgan fingerprint density at radius 2 is 2.05 bits per heavy atom. The lowest BCUT2D eigenvalue weighted by Gasteiger charge is -2.37. The average molecular weight is 295 g/mol. The lowest BCUT2D eigenvalue weighted by atomic mass is 10.2. The van der Waals surface area contributed by atoms with Gasteiger partial charge in [0.2, 0.25) is 0 Å². The van der Waals surface area contributed by atoms with Crippen LogP contribution >= 0.6 is 0 Å². The highest BCUT2D eigenvalue weighted by Crippen LogP contribution is 2.30. The van der Waals surface area contributed by atoms with Crippen molar-refractivity contribution in [2.45, 2.75) is 57.8 Å². The standard InChI is InChI=1S/C16H29N3O2/c1-3-15-11-19(8-12(2)21-15)16(20)17-14-6-7-18(10-14)9-13-4-5-13/h12-15H,3-11H2,1-2H3,(H,17,20). The molecular formula is C16H29N3O2. The zero-order valence-corrected chi connectivity index (χ0v) is 13.4. The van der Waals surface area contributed by atoms with Crippen LogP contribution in [0.1, 0.15) is 39.5 Å². The Labute approximate surface area is 128 Å². The van der Waals surface area contributed by atoms with Crippen LogP contribution in [0.4, 0.5) is 4.79 Å². The molecule has 5 nitrogen and oxygen atoms in total. The molecule has 0 aromatic heterocycles. The molecule has 2 aliphatic heterocycles. The van der Waals surface area contributed by atoms with Gasteiger partial charge in [-0.05, 0) is 38.5 Å². The molecule has 0 aromatic rings. The summed E-state index contributed by atoms with van der Waals surface area (Å²) in [5.74, 6) is 0.935. The highest BCUT2D eigenvalue weighted by molar-refractivity contribution is 5.74. The van der Waals surface area contributed by atoms with E-state index in [4.69, 9.17) is 4.74 Å². The third-order valence-corrected chi connectivity index (χ3v) is 4.88. The molecule has 2 amide bonds. The second-order valence-electron chi connectivity index (χ2n) is 7.02. The van der Waals surface area contributed by atoms with Crippen LogP contribution in [0.2, 0.25) is 0 Å². The van der Waals surface area contributed by atoms with E-state index in [1.54, 1.807) is 0 Å². The lowest BCUT2D eigenvalue weighted by molar-refractivity contribution is -0.0648. The lowest BCUT2D eigenvalue weighted by Crippen LogP contribution is -2.54. The summed E-state index contributed by atoms with van der Waals surface area (Å²) in [7, 11) is 0. The Morgan fingerprint density at radius 1 is 1.24 bits per heavy atom. The molecule has 5 heteroatoms. The number of hydrogen-bond donors (Lipinski definition) is 1. The zero-order chi connectivity index (χ0) is 14.8. The van der Waals surface area contributed by atoms with Crippen LogP contribution in [-0.4, -0.2) is 66.8 Å². The van der Waals surface area contributed by atoms with E-state index >= 15 is 0 Å². The number of ether oxygens (including phenoxy) is 1. The predicted molar refractivity (Wildman–Crippen MR) is 82.3 cm³/mol. The second-order valence-corrected chi connectivity index (χ2v) is 7.02. The van der Waals surface area contributed by atoms with E-state index in [0.717, 1.165) is 38.4 Å². The van der Waals surface area contributed by atoms with Gasteiger partial charge < -0.3 is 19.9 Å². The summed E-state index contributed by atoms with van der Waals surface area (Å²) in [6, 6.07) is 0.427. The van der Waals surface area contributed by atoms with Crippen LogP contribution in [0.25, 0.3) is 0 Å². The van der Waals surface area contributed by atoms with Crippen molar-refractivity contribution in [3.05, 3.63) is 0 Å². The van der Waals surface area contributed by atoms with Gasteiger partial charge in [0.05, 0.1) is 12.2 Å². The molecule has 3 atom stereocenters. The fraction of sp³-hybridized carbons (Fsp3) is 0.938. The summed E-state index contributed by atoms with van der Waals surface area (Å²) in [5.41, 5.74) is 0. The topological polar surface area (TPSA) is 44.8 Å². The summed E-state index contributed by atoms with van der Waals surface area (Å²) in [5, 5.41) is 3.23. The minimum absolute atomic E-state index is 0.0990. The first-order valence-electron chi connectivity index (χ1n) is 8.57. The molecule has 0 aromatic carbocycles. The van der Waals surface area contributed by atoms with Gasteiger partial charge in [-0.3, -0.25) is 0 Å². The van der Waals surface area contributed by atoms with Gasteiger partial charge in [0, 0.05) is 38.8 Å². The van der Waals surface area contributed by atoms with Crippen molar-refractivity contribution in [2.24, 2.45) is 5.92 Å². The van der Waals surface area contributed by atoms with Gasteiger partial charge >= 0.3 is 6.03 Å². The number of nitrogens with zero attached hydrogens (tertiary/aromatic N) is 2. The van der Waals surface area contributed by atoms with Crippen LogP contribution in [0.15, 0.2) is 0 Å². The number of morpholine rings is 1. The molecule has 3 aliphatic rings. The molecule has 1 aliphatic carbocycles. The van der Waals surface area contributed by atoms with Crippen molar-refractivity contribution in [1.82, 2.24) is 15.1 Å². The fourth-order valence-corrected chi connectivity index (χ4v) is 3.48. The van der Waals surface area contributed by atoms with Gasteiger partial charge in [-0.25, -0.2) is 4.79 Å². The Kier molecular flexibility index (Phi) is 4.69. The van der Waals surface area contributed by atoms with Crippen molar-refractivity contribution in [3.63, 3.8) is 0 Å². The smallest absolute Gasteiger partial charge is 0.317 e. The van der Waals surface area contributed by atoms with Gasteiger partial charge in [0.1, 0.15) is 0 Å². The fourth-order valence-electron chi connectivity index (χ4n) is 3.48. The quantitative estimate of drug-likeness (QED) is 0.858. The molecule has 0 bridgehead atoms. The van der Waals surface area contributed by atoms with Crippen LogP contribution in [0.5, 0.6) is 0 Å². The Hall–Kier alpha value is -0.810.